The van der Waals surface area contributed by atoms with Crippen LogP contribution in [0.25, 0.3) is 21.7 Å². The van der Waals surface area contributed by atoms with Crippen molar-refractivity contribution >= 4 is 34.1 Å². The largest absolute Gasteiger partial charge is 0.497 e. The molecule has 0 aliphatic carbocycles. The third kappa shape index (κ3) is 2.92. The highest BCUT2D eigenvalue weighted by atomic mass is 35.5. The molecule has 0 radical (unpaired) electrons. The molecular weight excluding hydrogens is 402 g/mol. The number of benzene rings is 1. The molecule has 10 heteroatoms. The second kappa shape index (κ2) is 6.92. The van der Waals surface area contributed by atoms with Gasteiger partial charge in [0.15, 0.2) is 11.2 Å². The van der Waals surface area contributed by atoms with Crippen molar-refractivity contribution < 1.29 is 4.74 Å². The smallest absolute Gasteiger partial charge is 0.332 e. The Bertz CT molecular complexity index is 1300. The molecule has 0 spiro atoms. The van der Waals surface area contributed by atoms with Crippen molar-refractivity contribution in [1.29, 1.82) is 0 Å². The van der Waals surface area contributed by atoms with Crippen LogP contribution in [-0.4, -0.2) is 30.8 Å². The molecule has 0 fully saturated rings. The van der Waals surface area contributed by atoms with E-state index in [0.29, 0.717) is 0 Å². The van der Waals surface area contributed by atoms with Crippen LogP contribution in [0, 0.1) is 0 Å². The number of hydrogen-bond acceptors (Lipinski definition) is 6. The Balaban J connectivity index is 1.75. The van der Waals surface area contributed by atoms with Crippen LogP contribution in [0.2, 0.25) is 5.28 Å². The lowest BCUT2D eigenvalue weighted by molar-refractivity contribution is 0.415. The highest BCUT2D eigenvalue weighted by molar-refractivity contribution is 7.13. The van der Waals surface area contributed by atoms with E-state index in [1.165, 1.54) is 23.0 Å². The van der Waals surface area contributed by atoms with Gasteiger partial charge in [0.1, 0.15) is 10.8 Å². The second-order valence-electron chi connectivity index (χ2n) is 6.22. The van der Waals surface area contributed by atoms with E-state index >= 15 is 0 Å². The van der Waals surface area contributed by atoms with E-state index in [-0.39, 0.29) is 23.0 Å². The average molecular weight is 418 g/mol. The fourth-order valence-electron chi connectivity index (χ4n) is 2.97. The highest BCUT2D eigenvalue weighted by Crippen LogP contribution is 2.27. The van der Waals surface area contributed by atoms with Crippen LogP contribution >= 0.6 is 22.9 Å². The van der Waals surface area contributed by atoms with Crippen LogP contribution in [0.3, 0.4) is 0 Å². The molecule has 28 heavy (non-hydrogen) atoms. The number of nitrogens with zero attached hydrogens (tertiary/aromatic N) is 5. The summed E-state index contributed by atoms with van der Waals surface area (Å²) in [6, 6.07) is 7.63. The Hall–Kier alpha value is -2.91. The Morgan fingerprint density at radius 1 is 1.11 bits per heavy atom. The number of hydrogen-bond donors (Lipinski definition) is 0. The number of rotatable bonds is 4. The molecule has 0 amide bonds. The molecular formula is C18H16ClN5O3S. The summed E-state index contributed by atoms with van der Waals surface area (Å²) >= 11 is 7.77. The number of halogens is 1. The second-order valence-corrected chi connectivity index (χ2v) is 7.41. The lowest BCUT2D eigenvalue weighted by atomic mass is 10.2. The average Bonchev–Trinajstić information content (AvgIpc) is 3.30. The first kappa shape index (κ1) is 18.5. The molecule has 3 heterocycles. The molecule has 0 saturated heterocycles. The number of aromatic nitrogens is 5. The SMILES string of the molecule is COc1ccc(-c2nc(Cn3c(Cl)nc4c3c(=O)n(C)c(=O)n4C)cs2)cc1. The van der Waals surface area contributed by atoms with Crippen molar-refractivity contribution in [3.63, 3.8) is 0 Å². The van der Waals surface area contributed by atoms with Gasteiger partial charge in [-0.3, -0.25) is 13.9 Å². The lowest BCUT2D eigenvalue weighted by Crippen LogP contribution is -2.37. The van der Waals surface area contributed by atoms with Crippen LogP contribution in [-0.2, 0) is 20.6 Å². The predicted molar refractivity (Wildman–Crippen MR) is 108 cm³/mol. The molecule has 0 saturated carbocycles. The van der Waals surface area contributed by atoms with Crippen molar-refractivity contribution in [3.05, 3.63) is 61.5 Å². The molecule has 8 nitrogen and oxygen atoms in total. The van der Waals surface area contributed by atoms with Gasteiger partial charge in [0, 0.05) is 25.0 Å². The first-order valence-electron chi connectivity index (χ1n) is 8.31. The third-order valence-corrected chi connectivity index (χ3v) is 5.74. The first-order chi connectivity index (χ1) is 13.4. The maximum atomic E-state index is 12.6. The van der Waals surface area contributed by atoms with E-state index in [9.17, 15) is 9.59 Å². The summed E-state index contributed by atoms with van der Waals surface area (Å²) in [7, 11) is 4.61. The van der Waals surface area contributed by atoms with E-state index in [1.54, 1.807) is 18.7 Å². The van der Waals surface area contributed by atoms with Gasteiger partial charge in [-0.1, -0.05) is 0 Å². The Morgan fingerprint density at radius 2 is 1.82 bits per heavy atom. The van der Waals surface area contributed by atoms with Crippen LogP contribution in [0.4, 0.5) is 0 Å². The van der Waals surface area contributed by atoms with Gasteiger partial charge in [-0.2, -0.15) is 4.98 Å². The Kier molecular flexibility index (Phi) is 4.56. The molecule has 144 valence electrons. The molecule has 4 aromatic rings. The zero-order chi connectivity index (χ0) is 20.0. The zero-order valence-electron chi connectivity index (χ0n) is 15.3. The van der Waals surface area contributed by atoms with Crippen molar-refractivity contribution in [2.75, 3.05) is 7.11 Å². The van der Waals surface area contributed by atoms with Gasteiger partial charge in [0.2, 0.25) is 5.28 Å². The summed E-state index contributed by atoms with van der Waals surface area (Å²) in [5.74, 6) is 0.777. The number of fused-ring (bicyclic) bond motifs is 1. The quantitative estimate of drug-likeness (QED) is 0.475. The summed E-state index contributed by atoms with van der Waals surface area (Å²) in [5.41, 5.74) is 1.35. The normalized spacial score (nSPS) is 11.3. The third-order valence-electron chi connectivity index (χ3n) is 4.51. The van der Waals surface area contributed by atoms with Crippen LogP contribution in [0.5, 0.6) is 5.75 Å². The van der Waals surface area contributed by atoms with E-state index in [0.717, 1.165) is 26.6 Å². The van der Waals surface area contributed by atoms with Crippen molar-refractivity contribution in [1.82, 2.24) is 23.7 Å². The minimum absolute atomic E-state index is 0.132. The van der Waals surface area contributed by atoms with Crippen LogP contribution in [0.1, 0.15) is 5.69 Å². The maximum absolute atomic E-state index is 12.6. The van der Waals surface area contributed by atoms with Crippen molar-refractivity contribution in [2.24, 2.45) is 14.1 Å². The fraction of sp³-hybridized carbons (Fsp3) is 0.222. The standard InChI is InChI=1S/C18H16ClN5O3S/c1-22-14-13(16(25)23(2)18(22)26)24(17(19)21-14)8-11-9-28-15(20-11)10-4-6-12(27-3)7-5-10/h4-7,9H,8H2,1-3H3. The number of aryl methyl sites for hydroxylation is 1. The van der Waals surface area contributed by atoms with Crippen LogP contribution in [0.15, 0.2) is 39.2 Å². The number of imidazole rings is 1. The van der Waals surface area contributed by atoms with E-state index in [1.807, 2.05) is 29.6 Å². The Morgan fingerprint density at radius 3 is 2.50 bits per heavy atom. The summed E-state index contributed by atoms with van der Waals surface area (Å²) in [4.78, 5) is 33.6. The van der Waals surface area contributed by atoms with Gasteiger partial charge in [0.25, 0.3) is 5.56 Å². The predicted octanol–water partition coefficient (Wildman–Crippen LogP) is 2.27. The van der Waals surface area contributed by atoms with Gasteiger partial charge >= 0.3 is 5.69 Å². The minimum Gasteiger partial charge on any atom is -0.497 e. The van der Waals surface area contributed by atoms with E-state index < -0.39 is 11.2 Å². The highest BCUT2D eigenvalue weighted by Gasteiger charge is 2.19. The minimum atomic E-state index is -0.450. The molecule has 0 atom stereocenters. The zero-order valence-corrected chi connectivity index (χ0v) is 16.9. The molecule has 0 bridgehead atoms. The fourth-order valence-corrected chi connectivity index (χ4v) is 4.01. The number of thiazole rings is 1. The Labute approximate surface area is 168 Å². The molecule has 0 N–H and O–H groups in total. The van der Waals surface area contributed by atoms with Crippen molar-refractivity contribution in [3.8, 4) is 16.3 Å². The molecule has 0 aliphatic rings. The van der Waals surface area contributed by atoms with Gasteiger partial charge in [-0.25, -0.2) is 9.78 Å². The molecule has 0 unspecified atom stereocenters. The topological polar surface area (TPSA) is 83.9 Å². The number of methoxy groups -OCH3 is 1. The monoisotopic (exact) mass is 417 g/mol. The van der Waals surface area contributed by atoms with E-state index in [2.05, 4.69) is 9.97 Å². The summed E-state index contributed by atoms with van der Waals surface area (Å²) in [5, 5.41) is 2.89. The van der Waals surface area contributed by atoms with Crippen molar-refractivity contribution in [2.45, 2.75) is 6.54 Å². The summed E-state index contributed by atoms with van der Waals surface area (Å²) < 4.78 is 9.10. The summed E-state index contributed by atoms with van der Waals surface area (Å²) in [6.07, 6.45) is 0. The van der Waals surface area contributed by atoms with Gasteiger partial charge in [-0.05, 0) is 35.9 Å². The molecule has 0 aliphatic heterocycles. The van der Waals surface area contributed by atoms with Gasteiger partial charge < -0.3 is 9.30 Å². The molecule has 1 aromatic carbocycles. The number of ether oxygens (including phenoxy) is 1. The van der Waals surface area contributed by atoms with Gasteiger partial charge in [0.05, 0.1) is 19.3 Å². The maximum Gasteiger partial charge on any atom is 0.332 e. The molecule has 3 aromatic heterocycles. The lowest BCUT2D eigenvalue weighted by Gasteiger charge is -2.06. The summed E-state index contributed by atoms with van der Waals surface area (Å²) in [6.45, 7) is 0.273. The first-order valence-corrected chi connectivity index (χ1v) is 9.57. The van der Waals surface area contributed by atoms with Crippen LogP contribution < -0.4 is 16.0 Å². The van der Waals surface area contributed by atoms with E-state index in [4.69, 9.17) is 16.3 Å². The molecule has 4 rings (SSSR count). The van der Waals surface area contributed by atoms with Gasteiger partial charge in [-0.15, -0.1) is 11.3 Å².